The van der Waals surface area contributed by atoms with Crippen molar-refractivity contribution in [3.8, 4) is 5.75 Å². The van der Waals surface area contributed by atoms with E-state index < -0.39 is 0 Å². The van der Waals surface area contributed by atoms with Crippen molar-refractivity contribution in [2.45, 2.75) is 77.0 Å². The van der Waals surface area contributed by atoms with Crippen molar-refractivity contribution in [1.29, 1.82) is 0 Å². The van der Waals surface area contributed by atoms with Crippen LogP contribution in [-0.4, -0.2) is 6.61 Å². The van der Waals surface area contributed by atoms with E-state index in [0.29, 0.717) is 6.61 Å². The molecule has 128 valence electrons. The number of benzene rings is 1. The minimum atomic E-state index is 0.586. The first-order valence-corrected chi connectivity index (χ1v) is 9.67. The molecule has 1 fully saturated rings. The van der Waals surface area contributed by atoms with Crippen LogP contribution in [0.2, 0.25) is 0 Å². The zero-order valence-corrected chi connectivity index (χ0v) is 14.9. The lowest BCUT2D eigenvalue weighted by Crippen LogP contribution is -2.13. The van der Waals surface area contributed by atoms with Crippen LogP contribution in [-0.2, 0) is 0 Å². The monoisotopic (exact) mass is 314 g/mol. The Morgan fingerprint density at radius 3 is 2.35 bits per heavy atom. The van der Waals surface area contributed by atoms with Gasteiger partial charge in [0, 0.05) is 0 Å². The smallest absolute Gasteiger partial charge is 0.119 e. The van der Waals surface area contributed by atoms with E-state index >= 15 is 0 Å². The molecule has 0 amide bonds. The number of hydrogen-bond acceptors (Lipinski definition) is 1. The molecule has 23 heavy (non-hydrogen) atoms. The lowest BCUT2D eigenvalue weighted by molar-refractivity contribution is 0.301. The van der Waals surface area contributed by atoms with Gasteiger partial charge < -0.3 is 4.74 Å². The van der Waals surface area contributed by atoms with Crippen LogP contribution in [0, 0.1) is 5.92 Å². The van der Waals surface area contributed by atoms with Crippen molar-refractivity contribution < 1.29 is 4.74 Å². The Bertz CT molecular complexity index is 426. The molecule has 2 rings (SSSR count). The summed E-state index contributed by atoms with van der Waals surface area (Å²) < 4.78 is 5.57. The summed E-state index contributed by atoms with van der Waals surface area (Å²) in [7, 11) is 0. The molecular formula is C22H34O. The van der Waals surface area contributed by atoms with Gasteiger partial charge in [-0.3, -0.25) is 0 Å². The van der Waals surface area contributed by atoms with Crippen LogP contribution in [0.3, 0.4) is 0 Å². The van der Waals surface area contributed by atoms with Crippen LogP contribution in [0.4, 0.5) is 0 Å². The van der Waals surface area contributed by atoms with E-state index in [1.54, 1.807) is 6.08 Å². The minimum absolute atomic E-state index is 0.586. The zero-order chi connectivity index (χ0) is 16.3. The van der Waals surface area contributed by atoms with Crippen LogP contribution in [0.1, 0.15) is 82.6 Å². The van der Waals surface area contributed by atoms with Gasteiger partial charge in [-0.25, -0.2) is 0 Å². The van der Waals surface area contributed by atoms with Crippen molar-refractivity contribution in [3.05, 3.63) is 42.5 Å². The third-order valence-electron chi connectivity index (χ3n) is 5.28. The third-order valence-corrected chi connectivity index (χ3v) is 5.28. The predicted molar refractivity (Wildman–Crippen MR) is 100 cm³/mol. The highest BCUT2D eigenvalue weighted by Gasteiger charge is 2.21. The fraction of sp³-hybridized carbons (Fsp3) is 0.636. The van der Waals surface area contributed by atoms with Gasteiger partial charge in [0.1, 0.15) is 12.4 Å². The van der Waals surface area contributed by atoms with Gasteiger partial charge in [0.05, 0.1) is 0 Å². The van der Waals surface area contributed by atoms with Gasteiger partial charge in [0.25, 0.3) is 0 Å². The normalized spacial score (nSPS) is 21.1. The molecule has 1 aliphatic rings. The van der Waals surface area contributed by atoms with Gasteiger partial charge in [-0.2, -0.15) is 0 Å². The highest BCUT2D eigenvalue weighted by molar-refractivity contribution is 5.29. The average Bonchev–Trinajstić information content (AvgIpc) is 2.61. The van der Waals surface area contributed by atoms with E-state index in [0.717, 1.165) is 17.6 Å². The van der Waals surface area contributed by atoms with Crippen LogP contribution in [0.15, 0.2) is 36.9 Å². The summed E-state index contributed by atoms with van der Waals surface area (Å²) in [5.74, 6) is 2.71. The Morgan fingerprint density at radius 2 is 1.70 bits per heavy atom. The predicted octanol–water partition coefficient (Wildman–Crippen LogP) is 6.89. The summed E-state index contributed by atoms with van der Waals surface area (Å²) in [6.45, 7) is 6.56. The first-order valence-electron chi connectivity index (χ1n) is 9.67. The van der Waals surface area contributed by atoms with Gasteiger partial charge in [0.15, 0.2) is 0 Å². The largest absolute Gasteiger partial charge is 0.490 e. The van der Waals surface area contributed by atoms with Crippen LogP contribution >= 0.6 is 0 Å². The molecule has 1 nitrogen and oxygen atoms in total. The lowest BCUT2D eigenvalue weighted by Gasteiger charge is -2.29. The van der Waals surface area contributed by atoms with Crippen molar-refractivity contribution in [2.24, 2.45) is 5.92 Å². The van der Waals surface area contributed by atoms with Gasteiger partial charge in [-0.05, 0) is 55.2 Å². The van der Waals surface area contributed by atoms with E-state index in [2.05, 4.69) is 37.8 Å². The third kappa shape index (κ3) is 6.41. The standard InChI is InChI=1S/C22H34O/c1-3-5-6-7-8-9-19-10-12-20(13-11-19)21-14-16-22(17-15-21)23-18-4-2/h4,14-17,19-20H,2-3,5-13,18H2,1H3. The maximum Gasteiger partial charge on any atom is 0.119 e. The molecule has 0 saturated heterocycles. The van der Waals surface area contributed by atoms with E-state index in [-0.39, 0.29) is 0 Å². The minimum Gasteiger partial charge on any atom is -0.490 e. The molecule has 0 aliphatic heterocycles. The molecule has 0 bridgehead atoms. The molecule has 1 saturated carbocycles. The van der Waals surface area contributed by atoms with E-state index in [1.807, 2.05) is 0 Å². The summed E-state index contributed by atoms with van der Waals surface area (Å²) in [5.41, 5.74) is 1.50. The molecule has 0 radical (unpaired) electrons. The molecule has 0 atom stereocenters. The molecule has 0 aromatic heterocycles. The zero-order valence-electron chi connectivity index (χ0n) is 14.9. The molecule has 1 aliphatic carbocycles. The van der Waals surface area contributed by atoms with Crippen molar-refractivity contribution >= 4 is 0 Å². The van der Waals surface area contributed by atoms with Crippen LogP contribution < -0.4 is 4.74 Å². The van der Waals surface area contributed by atoms with E-state index in [1.165, 1.54) is 69.8 Å². The van der Waals surface area contributed by atoms with Gasteiger partial charge in [-0.1, -0.05) is 70.2 Å². The quantitative estimate of drug-likeness (QED) is 0.337. The van der Waals surface area contributed by atoms with Gasteiger partial charge in [-0.15, -0.1) is 0 Å². The van der Waals surface area contributed by atoms with Gasteiger partial charge in [0.2, 0.25) is 0 Å². The topological polar surface area (TPSA) is 9.23 Å². The Hall–Kier alpha value is -1.24. The molecule has 1 heteroatoms. The highest BCUT2D eigenvalue weighted by Crippen LogP contribution is 2.38. The van der Waals surface area contributed by atoms with Crippen LogP contribution in [0.5, 0.6) is 5.75 Å². The van der Waals surface area contributed by atoms with E-state index in [9.17, 15) is 0 Å². The molecule has 1 aromatic carbocycles. The summed E-state index contributed by atoms with van der Waals surface area (Å²) >= 11 is 0. The number of ether oxygens (including phenoxy) is 1. The fourth-order valence-electron chi connectivity index (χ4n) is 3.81. The molecule has 0 N–H and O–H groups in total. The molecule has 0 spiro atoms. The lowest BCUT2D eigenvalue weighted by atomic mass is 9.77. The molecule has 1 aromatic rings. The van der Waals surface area contributed by atoms with Crippen molar-refractivity contribution in [1.82, 2.24) is 0 Å². The van der Waals surface area contributed by atoms with E-state index in [4.69, 9.17) is 4.74 Å². The molecular weight excluding hydrogens is 280 g/mol. The highest BCUT2D eigenvalue weighted by atomic mass is 16.5. The SMILES string of the molecule is C=CCOc1ccc(C2CCC(CCCCCCC)CC2)cc1. The van der Waals surface area contributed by atoms with Crippen molar-refractivity contribution in [3.63, 3.8) is 0 Å². The Morgan fingerprint density at radius 1 is 1.00 bits per heavy atom. The summed E-state index contributed by atoms with van der Waals surface area (Å²) in [6, 6.07) is 8.74. The second kappa shape index (κ2) is 10.5. The molecule has 0 heterocycles. The summed E-state index contributed by atoms with van der Waals surface area (Å²) in [5, 5.41) is 0. The number of unbranched alkanes of at least 4 members (excludes halogenated alkanes) is 4. The maximum absolute atomic E-state index is 5.57. The average molecular weight is 315 g/mol. The maximum atomic E-state index is 5.57. The van der Waals surface area contributed by atoms with Crippen molar-refractivity contribution in [2.75, 3.05) is 6.61 Å². The fourth-order valence-corrected chi connectivity index (χ4v) is 3.81. The second-order valence-electron chi connectivity index (χ2n) is 7.09. The van der Waals surface area contributed by atoms with Crippen LogP contribution in [0.25, 0.3) is 0 Å². The second-order valence-corrected chi connectivity index (χ2v) is 7.09. The number of hydrogen-bond donors (Lipinski definition) is 0. The Kier molecular flexibility index (Phi) is 8.28. The first kappa shape index (κ1) is 18.1. The summed E-state index contributed by atoms with van der Waals surface area (Å²) in [4.78, 5) is 0. The first-order chi connectivity index (χ1) is 11.3. The Labute approximate surface area is 143 Å². The number of rotatable bonds is 10. The Balaban J connectivity index is 1.68. The molecule has 0 unspecified atom stereocenters. The summed E-state index contributed by atoms with van der Waals surface area (Å²) in [6.07, 6.45) is 15.9. The van der Waals surface area contributed by atoms with Gasteiger partial charge >= 0.3 is 0 Å².